The van der Waals surface area contributed by atoms with Gasteiger partial charge in [0.15, 0.2) is 11.2 Å². The zero-order chi connectivity index (χ0) is 29.0. The molecule has 14 heteroatoms. The van der Waals surface area contributed by atoms with Crippen LogP contribution in [0.4, 0.5) is 11.6 Å². The van der Waals surface area contributed by atoms with Crippen molar-refractivity contribution in [2.24, 2.45) is 19.2 Å². The molecule has 2 heterocycles. The third-order valence-electron chi connectivity index (χ3n) is 6.03. The van der Waals surface area contributed by atoms with Gasteiger partial charge >= 0.3 is 5.69 Å². The van der Waals surface area contributed by atoms with Gasteiger partial charge in [-0.15, -0.1) is 0 Å². The Balaban J connectivity index is 1.60. The summed E-state index contributed by atoms with van der Waals surface area (Å²) >= 11 is 6.25. The molecule has 0 amide bonds. The summed E-state index contributed by atoms with van der Waals surface area (Å²) < 4.78 is 9.35. The second-order valence-corrected chi connectivity index (χ2v) is 9.34. The number of para-hydroxylation sites is 1. The van der Waals surface area contributed by atoms with Crippen molar-refractivity contribution in [3.8, 4) is 5.75 Å². The first-order valence-corrected chi connectivity index (χ1v) is 12.4. The van der Waals surface area contributed by atoms with Gasteiger partial charge in [0.05, 0.1) is 22.7 Å². The van der Waals surface area contributed by atoms with Crippen LogP contribution in [0.5, 0.6) is 5.75 Å². The molecule has 2 N–H and O–H groups in total. The molecule has 208 valence electrons. The fourth-order valence-corrected chi connectivity index (χ4v) is 4.09. The molecule has 2 aromatic heterocycles. The standard InChI is InChI=1S/C26H26ClN7O6/c1-16-6-4-5-7-21(16)40-15-20(35)14-33-22-23(31(2)26(37)32(3)24(22)36)29-25(33)30-28-13-18(27)12-17-8-10-19(11-9-17)34(38)39/h4-13,20,35H,14-15H2,1-3H3,(H,29,30)/b18-12-,28-13+/t20-/m1/s1. The molecule has 0 spiro atoms. The quantitative estimate of drug-likeness (QED) is 0.168. The fourth-order valence-electron chi connectivity index (χ4n) is 3.92. The summed E-state index contributed by atoms with van der Waals surface area (Å²) in [6.07, 6.45) is 1.78. The number of aliphatic hydroxyl groups excluding tert-OH is 1. The van der Waals surface area contributed by atoms with E-state index in [9.17, 15) is 24.8 Å². The second-order valence-electron chi connectivity index (χ2n) is 8.90. The normalized spacial score (nSPS) is 12.7. The predicted octanol–water partition coefficient (Wildman–Crippen LogP) is 2.77. The molecule has 2 aromatic carbocycles. The Hall–Kier alpha value is -4.75. The lowest BCUT2D eigenvalue weighted by Gasteiger charge is -2.16. The van der Waals surface area contributed by atoms with Gasteiger partial charge < -0.3 is 14.4 Å². The number of nitrogens with one attached hydrogen (secondary N) is 1. The fraction of sp³-hybridized carbons (Fsp3) is 0.231. The van der Waals surface area contributed by atoms with E-state index in [1.165, 1.54) is 53.7 Å². The van der Waals surface area contributed by atoms with Gasteiger partial charge in [-0.2, -0.15) is 10.1 Å². The number of nitro benzene ring substituents is 1. The highest BCUT2D eigenvalue weighted by molar-refractivity contribution is 6.41. The third kappa shape index (κ3) is 6.11. The van der Waals surface area contributed by atoms with Crippen LogP contribution >= 0.6 is 11.6 Å². The summed E-state index contributed by atoms with van der Waals surface area (Å²) in [6, 6.07) is 13.2. The summed E-state index contributed by atoms with van der Waals surface area (Å²) in [5, 5.41) is 25.9. The number of benzene rings is 2. The van der Waals surface area contributed by atoms with Crippen LogP contribution in [0.15, 0.2) is 68.3 Å². The molecule has 0 bridgehead atoms. The van der Waals surface area contributed by atoms with Crippen molar-refractivity contribution in [3.63, 3.8) is 0 Å². The lowest BCUT2D eigenvalue weighted by molar-refractivity contribution is -0.384. The number of hydrogen-bond acceptors (Lipinski definition) is 9. The van der Waals surface area contributed by atoms with Crippen LogP contribution in [0.1, 0.15) is 11.1 Å². The van der Waals surface area contributed by atoms with Crippen LogP contribution in [0, 0.1) is 17.0 Å². The minimum Gasteiger partial charge on any atom is -0.491 e. The zero-order valence-corrected chi connectivity index (χ0v) is 22.6. The largest absolute Gasteiger partial charge is 0.491 e. The van der Waals surface area contributed by atoms with Crippen LogP contribution in [0.3, 0.4) is 0 Å². The van der Waals surface area contributed by atoms with E-state index in [0.717, 1.165) is 10.1 Å². The first-order chi connectivity index (χ1) is 19.1. The Bertz CT molecular complexity index is 1740. The number of fused-ring (bicyclic) bond motifs is 1. The van der Waals surface area contributed by atoms with Crippen molar-refractivity contribution < 1.29 is 14.8 Å². The zero-order valence-electron chi connectivity index (χ0n) is 21.8. The molecule has 0 aliphatic rings. The molecule has 13 nitrogen and oxygen atoms in total. The molecule has 0 fully saturated rings. The molecule has 0 saturated carbocycles. The van der Waals surface area contributed by atoms with Gasteiger partial charge in [-0.05, 0) is 42.3 Å². The topological polar surface area (TPSA) is 159 Å². The number of aliphatic hydroxyl groups is 1. The number of rotatable bonds is 10. The molecule has 4 rings (SSSR count). The third-order valence-corrected chi connectivity index (χ3v) is 6.23. The number of anilines is 1. The number of imidazole rings is 1. The van der Waals surface area contributed by atoms with Crippen molar-refractivity contribution in [2.45, 2.75) is 19.6 Å². The summed E-state index contributed by atoms with van der Waals surface area (Å²) in [5.74, 6) is 0.701. The lowest BCUT2D eigenvalue weighted by Crippen LogP contribution is -2.38. The minimum atomic E-state index is -1.05. The average molecular weight is 568 g/mol. The van der Waals surface area contributed by atoms with E-state index >= 15 is 0 Å². The highest BCUT2D eigenvalue weighted by Crippen LogP contribution is 2.19. The second kappa shape index (κ2) is 12.0. The Kier molecular flexibility index (Phi) is 8.46. The number of aromatic nitrogens is 4. The summed E-state index contributed by atoms with van der Waals surface area (Å²) in [4.78, 5) is 40.2. The SMILES string of the molecule is Cc1ccccc1OC[C@H](O)Cn1c(N/N=C/C(Cl)=C/c2ccc([N+](=O)[O-])cc2)nc2c1c(=O)n(C)c(=O)n2C. The number of allylic oxidation sites excluding steroid dienone is 1. The number of hydrazone groups is 1. The smallest absolute Gasteiger partial charge is 0.332 e. The first kappa shape index (κ1) is 28.3. The van der Waals surface area contributed by atoms with Crippen LogP contribution < -0.4 is 21.4 Å². The summed E-state index contributed by atoms with van der Waals surface area (Å²) in [6.45, 7) is 1.72. The monoisotopic (exact) mass is 567 g/mol. The van der Waals surface area contributed by atoms with Crippen LogP contribution in [0.2, 0.25) is 0 Å². The highest BCUT2D eigenvalue weighted by Gasteiger charge is 2.21. The van der Waals surface area contributed by atoms with Crippen molar-refractivity contribution in [2.75, 3.05) is 12.0 Å². The number of ether oxygens (including phenoxy) is 1. The maximum Gasteiger partial charge on any atom is 0.332 e. The van der Waals surface area contributed by atoms with Crippen LogP contribution in [-0.2, 0) is 20.6 Å². The number of nitrogens with zero attached hydrogens (tertiary/aromatic N) is 6. The Labute approximate surface area is 232 Å². The molecule has 40 heavy (non-hydrogen) atoms. The number of non-ortho nitro benzene ring substituents is 1. The Morgan fingerprint density at radius 2 is 1.90 bits per heavy atom. The van der Waals surface area contributed by atoms with Crippen LogP contribution in [-0.4, -0.2) is 47.6 Å². The van der Waals surface area contributed by atoms with E-state index < -0.39 is 22.3 Å². The minimum absolute atomic E-state index is 0.0467. The molecule has 0 unspecified atom stereocenters. The maximum atomic E-state index is 13.0. The molecule has 0 radical (unpaired) electrons. The molecule has 1 atom stereocenters. The van der Waals surface area contributed by atoms with Crippen molar-refractivity contribution in [1.82, 2.24) is 18.7 Å². The number of nitro groups is 1. The first-order valence-electron chi connectivity index (χ1n) is 12.0. The Morgan fingerprint density at radius 3 is 2.58 bits per heavy atom. The van der Waals surface area contributed by atoms with Gasteiger partial charge in [-0.25, -0.2) is 10.2 Å². The van der Waals surface area contributed by atoms with Gasteiger partial charge in [0.25, 0.3) is 11.2 Å². The average Bonchev–Trinajstić information content (AvgIpc) is 3.28. The van der Waals surface area contributed by atoms with Gasteiger partial charge in [0, 0.05) is 26.2 Å². The van der Waals surface area contributed by atoms with E-state index in [-0.39, 0.29) is 41.0 Å². The van der Waals surface area contributed by atoms with Gasteiger partial charge in [-0.1, -0.05) is 29.8 Å². The molecule has 4 aromatic rings. The molecule has 0 aliphatic heterocycles. The van der Waals surface area contributed by atoms with Gasteiger partial charge in [0.2, 0.25) is 5.95 Å². The number of aryl methyl sites for hydroxylation is 2. The van der Waals surface area contributed by atoms with E-state index in [4.69, 9.17) is 16.3 Å². The summed E-state index contributed by atoms with van der Waals surface area (Å²) in [7, 11) is 2.84. The molecular formula is C26H26ClN7O6. The maximum absolute atomic E-state index is 13.0. The predicted molar refractivity (Wildman–Crippen MR) is 152 cm³/mol. The van der Waals surface area contributed by atoms with Gasteiger partial charge in [-0.3, -0.25) is 24.0 Å². The van der Waals surface area contributed by atoms with Crippen molar-refractivity contribution in [3.05, 3.63) is 95.6 Å². The van der Waals surface area contributed by atoms with Crippen molar-refractivity contribution in [1.29, 1.82) is 0 Å². The van der Waals surface area contributed by atoms with Crippen LogP contribution in [0.25, 0.3) is 17.2 Å². The Morgan fingerprint density at radius 1 is 1.20 bits per heavy atom. The lowest BCUT2D eigenvalue weighted by atomic mass is 10.2. The van der Waals surface area contributed by atoms with E-state index in [2.05, 4.69) is 15.5 Å². The molecule has 0 saturated heterocycles. The van der Waals surface area contributed by atoms with E-state index in [1.807, 2.05) is 25.1 Å². The van der Waals surface area contributed by atoms with E-state index in [0.29, 0.717) is 11.3 Å². The highest BCUT2D eigenvalue weighted by atomic mass is 35.5. The van der Waals surface area contributed by atoms with Gasteiger partial charge in [0.1, 0.15) is 18.5 Å². The summed E-state index contributed by atoms with van der Waals surface area (Å²) in [5.41, 5.74) is 3.23. The molecular weight excluding hydrogens is 542 g/mol. The van der Waals surface area contributed by atoms with Crippen molar-refractivity contribution >= 4 is 46.7 Å². The number of hydrogen-bond donors (Lipinski definition) is 2. The molecule has 0 aliphatic carbocycles. The van der Waals surface area contributed by atoms with E-state index in [1.54, 1.807) is 12.1 Å². The number of halogens is 1.